The standard InChI is InChI=1S/C48H61N5O3/c1-46(2,3)42-30-35(31-43(45(42)55)47(4,5)6)32-44(54)56-29-28-49-48(7,33-52(8)40-24-20-38(21-25-40)50-36-16-12-10-13-17-36)34-53(9)41-26-22-39(23-27-41)51-37-18-14-11-15-19-37/h10-27,30-31,49-51,55H,28-29,32-34H2,1-9H3. The molecule has 5 aromatic carbocycles. The summed E-state index contributed by atoms with van der Waals surface area (Å²) >= 11 is 0. The Labute approximate surface area is 334 Å². The molecule has 8 heteroatoms. The average Bonchev–Trinajstić information content (AvgIpc) is 3.14. The van der Waals surface area contributed by atoms with Gasteiger partial charge in [0.25, 0.3) is 0 Å². The largest absolute Gasteiger partial charge is 0.507 e. The fourth-order valence-electron chi connectivity index (χ4n) is 7.04. The molecule has 0 aliphatic carbocycles. The highest BCUT2D eigenvalue weighted by Crippen LogP contribution is 2.40. The van der Waals surface area contributed by atoms with Crippen molar-refractivity contribution in [1.29, 1.82) is 0 Å². The van der Waals surface area contributed by atoms with E-state index in [-0.39, 0.29) is 29.8 Å². The van der Waals surface area contributed by atoms with E-state index in [1.54, 1.807) is 0 Å². The van der Waals surface area contributed by atoms with Gasteiger partial charge in [-0.15, -0.1) is 0 Å². The van der Waals surface area contributed by atoms with Gasteiger partial charge in [0, 0.05) is 67.9 Å². The summed E-state index contributed by atoms with van der Waals surface area (Å²) in [7, 11) is 4.22. The van der Waals surface area contributed by atoms with E-state index in [1.807, 2.05) is 48.5 Å². The number of esters is 1. The number of rotatable bonds is 16. The van der Waals surface area contributed by atoms with Crippen molar-refractivity contribution in [2.45, 2.75) is 71.3 Å². The number of hydrogen-bond donors (Lipinski definition) is 4. The van der Waals surface area contributed by atoms with Gasteiger partial charge in [-0.1, -0.05) is 90.1 Å². The van der Waals surface area contributed by atoms with Gasteiger partial charge in [-0.25, -0.2) is 0 Å². The van der Waals surface area contributed by atoms with Crippen LogP contribution in [0.2, 0.25) is 0 Å². The van der Waals surface area contributed by atoms with Gasteiger partial charge in [0.1, 0.15) is 12.4 Å². The number of likely N-dealkylation sites (N-methyl/N-ethyl adjacent to an activating group) is 2. The molecule has 0 aliphatic heterocycles. The van der Waals surface area contributed by atoms with E-state index in [2.05, 4.69) is 161 Å². The molecule has 4 N–H and O–H groups in total. The highest BCUT2D eigenvalue weighted by molar-refractivity contribution is 5.73. The maximum atomic E-state index is 13.2. The predicted octanol–water partition coefficient (Wildman–Crippen LogP) is 10.2. The third-order valence-electron chi connectivity index (χ3n) is 9.96. The van der Waals surface area contributed by atoms with Crippen LogP contribution in [0.25, 0.3) is 0 Å². The van der Waals surface area contributed by atoms with E-state index >= 15 is 0 Å². The molecular weight excluding hydrogens is 695 g/mol. The summed E-state index contributed by atoms with van der Waals surface area (Å²) in [6.45, 7) is 16.8. The maximum absolute atomic E-state index is 13.2. The fraction of sp³-hybridized carbons (Fsp3) is 0.354. The number of carbonyl (C=O) groups is 1. The van der Waals surface area contributed by atoms with Crippen LogP contribution in [0.3, 0.4) is 0 Å². The second kappa shape index (κ2) is 18.0. The van der Waals surface area contributed by atoms with Crippen molar-refractivity contribution in [3.8, 4) is 5.75 Å². The predicted molar refractivity (Wildman–Crippen MR) is 235 cm³/mol. The number of hydrogen-bond acceptors (Lipinski definition) is 8. The second-order valence-electron chi connectivity index (χ2n) is 17.2. The van der Waals surface area contributed by atoms with Gasteiger partial charge >= 0.3 is 5.97 Å². The van der Waals surface area contributed by atoms with E-state index in [9.17, 15) is 9.90 Å². The number of benzene rings is 5. The summed E-state index contributed by atoms with van der Waals surface area (Å²) in [6, 6.07) is 41.1. The summed E-state index contributed by atoms with van der Waals surface area (Å²) < 4.78 is 5.82. The lowest BCUT2D eigenvalue weighted by Gasteiger charge is -2.39. The molecule has 0 spiro atoms. The summed E-state index contributed by atoms with van der Waals surface area (Å²) in [5.41, 5.74) is 7.91. The minimum atomic E-state index is -0.391. The van der Waals surface area contributed by atoms with E-state index in [1.165, 1.54) is 0 Å². The Morgan fingerprint density at radius 3 is 1.39 bits per heavy atom. The van der Waals surface area contributed by atoms with E-state index < -0.39 is 5.54 Å². The maximum Gasteiger partial charge on any atom is 0.310 e. The minimum absolute atomic E-state index is 0.138. The molecule has 0 aliphatic rings. The first kappa shape index (κ1) is 41.7. The third kappa shape index (κ3) is 11.8. The van der Waals surface area contributed by atoms with Crippen molar-refractivity contribution in [3.63, 3.8) is 0 Å². The molecular formula is C48H61N5O3. The zero-order valence-corrected chi connectivity index (χ0v) is 34.7. The molecule has 56 heavy (non-hydrogen) atoms. The Bertz CT molecular complexity index is 1870. The fourth-order valence-corrected chi connectivity index (χ4v) is 7.04. The van der Waals surface area contributed by atoms with Gasteiger partial charge in [0.05, 0.1) is 12.0 Å². The van der Waals surface area contributed by atoms with Gasteiger partial charge in [-0.3, -0.25) is 4.79 Å². The van der Waals surface area contributed by atoms with Crippen molar-refractivity contribution >= 4 is 40.1 Å². The molecule has 0 heterocycles. The molecule has 5 rings (SSSR count). The molecule has 296 valence electrons. The Hall–Kier alpha value is -5.47. The van der Waals surface area contributed by atoms with Crippen LogP contribution in [0.15, 0.2) is 121 Å². The number of phenols is 1. The first-order chi connectivity index (χ1) is 26.5. The number of nitrogens with one attached hydrogen (secondary N) is 3. The second-order valence-corrected chi connectivity index (χ2v) is 17.2. The molecule has 0 atom stereocenters. The van der Waals surface area contributed by atoms with Crippen molar-refractivity contribution in [3.05, 3.63) is 138 Å². The molecule has 0 aromatic heterocycles. The lowest BCUT2D eigenvalue weighted by Crippen LogP contribution is -2.57. The van der Waals surface area contributed by atoms with Gasteiger partial charge in [0.15, 0.2) is 0 Å². The highest BCUT2D eigenvalue weighted by Gasteiger charge is 2.29. The molecule has 0 saturated carbocycles. The Morgan fingerprint density at radius 1 is 0.607 bits per heavy atom. The van der Waals surface area contributed by atoms with Crippen LogP contribution in [0, 0.1) is 0 Å². The molecule has 0 saturated heterocycles. The molecule has 0 amide bonds. The molecule has 5 aromatic rings. The lowest BCUT2D eigenvalue weighted by molar-refractivity contribution is -0.142. The van der Waals surface area contributed by atoms with Gasteiger partial charge in [0.2, 0.25) is 0 Å². The number of phenolic OH excluding ortho intramolecular Hbond substituents is 1. The SMILES string of the molecule is CN(CC(C)(CN(C)c1ccc(Nc2ccccc2)cc1)NCCOC(=O)Cc1cc(C(C)(C)C)c(O)c(C(C)(C)C)c1)c1ccc(Nc2ccccc2)cc1. The number of aromatic hydroxyl groups is 1. The van der Waals surface area contributed by atoms with Gasteiger partial charge < -0.3 is 35.6 Å². The van der Waals surface area contributed by atoms with Crippen LogP contribution in [0.4, 0.5) is 34.1 Å². The summed E-state index contributed by atoms with van der Waals surface area (Å²) in [5.74, 6) is 0.0154. The van der Waals surface area contributed by atoms with E-state index in [4.69, 9.17) is 4.74 Å². The number of ether oxygens (including phenoxy) is 1. The normalized spacial score (nSPS) is 11.9. The molecule has 0 radical (unpaired) electrons. The minimum Gasteiger partial charge on any atom is -0.507 e. The molecule has 8 nitrogen and oxygen atoms in total. The van der Waals surface area contributed by atoms with Crippen LogP contribution in [-0.2, 0) is 26.8 Å². The number of nitrogens with zero attached hydrogens (tertiary/aromatic N) is 2. The zero-order valence-electron chi connectivity index (χ0n) is 34.7. The molecule has 0 fully saturated rings. The quantitative estimate of drug-likeness (QED) is 0.0585. The van der Waals surface area contributed by atoms with Crippen LogP contribution < -0.4 is 25.8 Å². The smallest absolute Gasteiger partial charge is 0.310 e. The van der Waals surface area contributed by atoms with E-state index in [0.717, 1.165) is 50.8 Å². The Morgan fingerprint density at radius 2 is 1.00 bits per heavy atom. The van der Waals surface area contributed by atoms with Crippen LogP contribution in [0.1, 0.15) is 65.2 Å². The van der Waals surface area contributed by atoms with Crippen molar-refractivity contribution in [1.82, 2.24) is 5.32 Å². The lowest BCUT2D eigenvalue weighted by atomic mass is 9.78. The zero-order chi connectivity index (χ0) is 40.5. The average molecular weight is 756 g/mol. The number of carbonyl (C=O) groups excluding carboxylic acids is 1. The van der Waals surface area contributed by atoms with Crippen molar-refractivity contribution < 1.29 is 14.6 Å². The first-order valence-electron chi connectivity index (χ1n) is 19.5. The summed E-state index contributed by atoms with van der Waals surface area (Å²) in [5, 5.41) is 21.8. The van der Waals surface area contributed by atoms with Crippen molar-refractivity contribution in [2.24, 2.45) is 0 Å². The monoisotopic (exact) mass is 755 g/mol. The van der Waals surface area contributed by atoms with Crippen LogP contribution in [0.5, 0.6) is 5.75 Å². The molecule has 0 bridgehead atoms. The van der Waals surface area contributed by atoms with Crippen LogP contribution >= 0.6 is 0 Å². The topological polar surface area (TPSA) is 89.1 Å². The van der Waals surface area contributed by atoms with Gasteiger partial charge in [-0.2, -0.15) is 0 Å². The Kier molecular flexibility index (Phi) is 13.4. The van der Waals surface area contributed by atoms with Gasteiger partial charge in [-0.05, 0) is 107 Å². The molecule has 0 unspecified atom stereocenters. The summed E-state index contributed by atoms with van der Waals surface area (Å²) in [4.78, 5) is 17.7. The first-order valence-corrected chi connectivity index (χ1v) is 19.5. The summed E-state index contributed by atoms with van der Waals surface area (Å²) in [6.07, 6.45) is 0.138. The highest BCUT2D eigenvalue weighted by atomic mass is 16.5. The van der Waals surface area contributed by atoms with E-state index in [0.29, 0.717) is 25.4 Å². The third-order valence-corrected chi connectivity index (χ3v) is 9.96. The number of para-hydroxylation sites is 2. The van der Waals surface area contributed by atoms with Crippen LogP contribution in [-0.4, -0.2) is 57.0 Å². The van der Waals surface area contributed by atoms with Crippen molar-refractivity contribution in [2.75, 3.05) is 60.8 Å². The number of anilines is 6. The Balaban J connectivity index is 1.26.